The lowest BCUT2D eigenvalue weighted by atomic mass is 9.84. The maximum Gasteiger partial charge on any atom is 0.0782 e. The molecule has 1 aliphatic rings. The van der Waals surface area contributed by atoms with Crippen molar-refractivity contribution in [2.75, 3.05) is 0 Å². The Morgan fingerprint density at radius 3 is 2.44 bits per heavy atom. The maximum absolute atomic E-state index is 4.45. The van der Waals surface area contributed by atoms with Crippen LogP contribution < -0.4 is 5.32 Å². The van der Waals surface area contributed by atoms with Gasteiger partial charge in [-0.25, -0.2) is 0 Å². The molecule has 1 heterocycles. The van der Waals surface area contributed by atoms with Crippen LogP contribution in [0.15, 0.2) is 12.4 Å². The normalized spacial score (nSPS) is 20.6. The van der Waals surface area contributed by atoms with Gasteiger partial charge >= 0.3 is 0 Å². The standard InChI is InChI=1S/C15H25N3/c1-11(14-7-5-4-6-8-14)18-13(3)15-12(2)16-9-10-17-15/h9-11,13-14,18H,4-8H2,1-3H3/t11-,13?/m0/s1. The summed E-state index contributed by atoms with van der Waals surface area (Å²) in [6, 6.07) is 0.859. The van der Waals surface area contributed by atoms with Crippen LogP contribution in [0.25, 0.3) is 0 Å². The Morgan fingerprint density at radius 1 is 1.11 bits per heavy atom. The second-order valence-electron chi connectivity index (χ2n) is 5.60. The van der Waals surface area contributed by atoms with Gasteiger partial charge < -0.3 is 5.32 Å². The zero-order chi connectivity index (χ0) is 13.0. The minimum absolute atomic E-state index is 0.288. The van der Waals surface area contributed by atoms with Crippen LogP contribution in [0.1, 0.15) is 63.4 Å². The number of rotatable bonds is 4. The molecule has 18 heavy (non-hydrogen) atoms. The zero-order valence-corrected chi connectivity index (χ0v) is 11.8. The molecular weight excluding hydrogens is 222 g/mol. The Hall–Kier alpha value is -0.960. The summed E-state index contributed by atoms with van der Waals surface area (Å²) in [7, 11) is 0. The van der Waals surface area contributed by atoms with Crippen LogP contribution >= 0.6 is 0 Å². The van der Waals surface area contributed by atoms with Crippen LogP contribution in [0.2, 0.25) is 0 Å². The molecule has 1 N–H and O–H groups in total. The van der Waals surface area contributed by atoms with E-state index in [-0.39, 0.29) is 6.04 Å². The lowest BCUT2D eigenvalue weighted by Crippen LogP contribution is -2.36. The molecule has 0 aromatic carbocycles. The summed E-state index contributed by atoms with van der Waals surface area (Å²) < 4.78 is 0. The summed E-state index contributed by atoms with van der Waals surface area (Å²) in [6.07, 6.45) is 10.5. The summed E-state index contributed by atoms with van der Waals surface area (Å²) in [5.74, 6) is 0.832. The molecule has 0 amide bonds. The van der Waals surface area contributed by atoms with Gasteiger partial charge in [0.1, 0.15) is 0 Å². The Labute approximate surface area is 110 Å². The van der Waals surface area contributed by atoms with Gasteiger partial charge in [0.25, 0.3) is 0 Å². The van der Waals surface area contributed by atoms with Crippen LogP contribution in [0.5, 0.6) is 0 Å². The van der Waals surface area contributed by atoms with E-state index >= 15 is 0 Å². The third-order valence-corrected chi connectivity index (χ3v) is 4.20. The molecule has 0 aliphatic heterocycles. The predicted octanol–water partition coefficient (Wildman–Crippen LogP) is 3.40. The van der Waals surface area contributed by atoms with Gasteiger partial charge in [0.15, 0.2) is 0 Å². The fraction of sp³-hybridized carbons (Fsp3) is 0.733. The van der Waals surface area contributed by atoms with E-state index in [4.69, 9.17) is 0 Å². The molecule has 1 unspecified atom stereocenters. The highest BCUT2D eigenvalue weighted by Crippen LogP contribution is 2.27. The molecule has 1 fully saturated rings. The van der Waals surface area contributed by atoms with Crippen molar-refractivity contribution in [3.05, 3.63) is 23.8 Å². The fourth-order valence-corrected chi connectivity index (χ4v) is 3.09. The molecule has 2 atom stereocenters. The number of aromatic nitrogens is 2. The van der Waals surface area contributed by atoms with Gasteiger partial charge in [0.05, 0.1) is 11.4 Å². The zero-order valence-electron chi connectivity index (χ0n) is 11.8. The second kappa shape index (κ2) is 6.28. The fourth-order valence-electron chi connectivity index (χ4n) is 3.09. The number of nitrogens with one attached hydrogen (secondary N) is 1. The Bertz CT molecular complexity index is 372. The second-order valence-corrected chi connectivity index (χ2v) is 5.60. The molecule has 3 heteroatoms. The summed E-state index contributed by atoms with van der Waals surface area (Å²) >= 11 is 0. The highest BCUT2D eigenvalue weighted by atomic mass is 15.0. The molecular formula is C15H25N3. The van der Waals surface area contributed by atoms with Gasteiger partial charge in [-0.3, -0.25) is 9.97 Å². The summed E-state index contributed by atoms with van der Waals surface area (Å²) in [5.41, 5.74) is 2.12. The summed E-state index contributed by atoms with van der Waals surface area (Å²) in [4.78, 5) is 8.77. The number of nitrogens with zero attached hydrogens (tertiary/aromatic N) is 2. The lowest BCUT2D eigenvalue weighted by molar-refractivity contribution is 0.267. The number of hydrogen-bond acceptors (Lipinski definition) is 3. The summed E-state index contributed by atoms with van der Waals surface area (Å²) in [5, 5.41) is 3.70. The van der Waals surface area contributed by atoms with Gasteiger partial charge in [-0.15, -0.1) is 0 Å². The van der Waals surface area contributed by atoms with E-state index in [1.54, 1.807) is 12.4 Å². The third-order valence-electron chi connectivity index (χ3n) is 4.20. The van der Waals surface area contributed by atoms with Crippen molar-refractivity contribution in [2.45, 2.75) is 65.0 Å². The number of aryl methyl sites for hydroxylation is 1. The van der Waals surface area contributed by atoms with Crippen molar-refractivity contribution in [2.24, 2.45) is 5.92 Å². The van der Waals surface area contributed by atoms with Crippen LogP contribution in [-0.2, 0) is 0 Å². The van der Waals surface area contributed by atoms with E-state index < -0.39 is 0 Å². The minimum atomic E-state index is 0.288. The highest BCUT2D eigenvalue weighted by Gasteiger charge is 2.22. The first-order valence-corrected chi connectivity index (χ1v) is 7.22. The van der Waals surface area contributed by atoms with Crippen LogP contribution in [-0.4, -0.2) is 16.0 Å². The third kappa shape index (κ3) is 3.29. The molecule has 3 nitrogen and oxygen atoms in total. The van der Waals surface area contributed by atoms with E-state index in [9.17, 15) is 0 Å². The van der Waals surface area contributed by atoms with Crippen LogP contribution in [0.4, 0.5) is 0 Å². The van der Waals surface area contributed by atoms with E-state index in [2.05, 4.69) is 29.1 Å². The molecule has 1 aliphatic carbocycles. The van der Waals surface area contributed by atoms with Crippen LogP contribution in [0.3, 0.4) is 0 Å². The average molecular weight is 247 g/mol. The first kappa shape index (κ1) is 13.5. The average Bonchev–Trinajstić information content (AvgIpc) is 2.40. The van der Waals surface area contributed by atoms with Gasteiger partial charge in [-0.05, 0) is 39.5 Å². The molecule has 1 saturated carbocycles. The Balaban J connectivity index is 1.94. The molecule has 1 aromatic heterocycles. The first-order valence-electron chi connectivity index (χ1n) is 7.22. The topological polar surface area (TPSA) is 37.8 Å². The summed E-state index contributed by atoms with van der Waals surface area (Å²) in [6.45, 7) is 6.54. The van der Waals surface area contributed by atoms with E-state index in [0.717, 1.165) is 17.3 Å². The van der Waals surface area contributed by atoms with E-state index in [1.165, 1.54) is 32.1 Å². The largest absolute Gasteiger partial charge is 0.306 e. The van der Waals surface area contributed by atoms with Crippen LogP contribution in [0, 0.1) is 12.8 Å². The van der Waals surface area contributed by atoms with Gasteiger partial charge in [0, 0.05) is 24.5 Å². The molecule has 1 aromatic rings. The van der Waals surface area contributed by atoms with Crippen molar-refractivity contribution in [3.63, 3.8) is 0 Å². The highest BCUT2D eigenvalue weighted by molar-refractivity contribution is 5.12. The van der Waals surface area contributed by atoms with Crippen molar-refractivity contribution in [1.29, 1.82) is 0 Å². The lowest BCUT2D eigenvalue weighted by Gasteiger charge is -2.30. The predicted molar refractivity (Wildman–Crippen MR) is 74.4 cm³/mol. The first-order chi connectivity index (χ1) is 8.68. The van der Waals surface area contributed by atoms with Crippen molar-refractivity contribution in [1.82, 2.24) is 15.3 Å². The SMILES string of the molecule is Cc1nccnc1C(C)N[C@@H](C)C1CCCCC1. The maximum atomic E-state index is 4.45. The molecule has 100 valence electrons. The Kier molecular flexibility index (Phi) is 4.70. The van der Waals surface area contributed by atoms with E-state index in [0.29, 0.717) is 6.04 Å². The smallest absolute Gasteiger partial charge is 0.0782 e. The van der Waals surface area contributed by atoms with Gasteiger partial charge in [-0.2, -0.15) is 0 Å². The van der Waals surface area contributed by atoms with Crippen molar-refractivity contribution in [3.8, 4) is 0 Å². The van der Waals surface area contributed by atoms with Crippen molar-refractivity contribution < 1.29 is 0 Å². The molecule has 0 bridgehead atoms. The minimum Gasteiger partial charge on any atom is -0.306 e. The van der Waals surface area contributed by atoms with Gasteiger partial charge in [0.2, 0.25) is 0 Å². The van der Waals surface area contributed by atoms with Crippen molar-refractivity contribution >= 4 is 0 Å². The quantitative estimate of drug-likeness (QED) is 0.886. The Morgan fingerprint density at radius 2 is 1.78 bits per heavy atom. The van der Waals surface area contributed by atoms with Gasteiger partial charge in [-0.1, -0.05) is 19.3 Å². The van der Waals surface area contributed by atoms with E-state index in [1.807, 2.05) is 6.92 Å². The molecule has 0 saturated heterocycles. The molecule has 2 rings (SSSR count). The number of hydrogen-bond donors (Lipinski definition) is 1. The molecule has 0 spiro atoms. The molecule has 0 radical (unpaired) electrons. The monoisotopic (exact) mass is 247 g/mol.